The van der Waals surface area contributed by atoms with Gasteiger partial charge in [-0.05, 0) is 43.4 Å². The molecule has 2 rings (SSSR count). The molecular weight excluding hydrogens is 222 g/mol. The van der Waals surface area contributed by atoms with Gasteiger partial charge in [-0.2, -0.15) is 0 Å². The summed E-state index contributed by atoms with van der Waals surface area (Å²) in [5, 5.41) is 3.43. The maximum absolute atomic E-state index is 5.87. The van der Waals surface area contributed by atoms with E-state index in [9.17, 15) is 0 Å². The molecule has 0 aromatic heterocycles. The van der Waals surface area contributed by atoms with Crippen molar-refractivity contribution in [1.29, 1.82) is 0 Å². The van der Waals surface area contributed by atoms with E-state index in [1.807, 2.05) is 7.05 Å². The Kier molecular flexibility index (Phi) is 4.79. The van der Waals surface area contributed by atoms with Crippen LogP contribution in [-0.2, 0) is 17.6 Å². The van der Waals surface area contributed by atoms with Crippen LogP contribution < -0.4 is 5.32 Å². The number of ether oxygens (including phenoxy) is 1. The molecule has 18 heavy (non-hydrogen) atoms. The van der Waals surface area contributed by atoms with Gasteiger partial charge in [-0.1, -0.05) is 38.1 Å². The molecule has 3 atom stereocenters. The lowest BCUT2D eigenvalue weighted by molar-refractivity contribution is 0.0634. The highest BCUT2D eigenvalue weighted by Gasteiger charge is 2.31. The van der Waals surface area contributed by atoms with Gasteiger partial charge in [0.05, 0.1) is 6.10 Å². The third-order valence-corrected chi connectivity index (χ3v) is 4.10. The van der Waals surface area contributed by atoms with Crippen LogP contribution >= 0.6 is 0 Å². The molecule has 1 fully saturated rings. The topological polar surface area (TPSA) is 21.3 Å². The number of aryl methyl sites for hydroxylation is 1. The van der Waals surface area contributed by atoms with Gasteiger partial charge in [-0.3, -0.25) is 0 Å². The molecule has 1 aromatic carbocycles. The molecule has 1 aromatic rings. The van der Waals surface area contributed by atoms with Gasteiger partial charge >= 0.3 is 0 Å². The lowest BCUT2D eigenvalue weighted by atomic mass is 9.92. The maximum atomic E-state index is 5.87. The first kappa shape index (κ1) is 13.6. The number of hydrogen-bond donors (Lipinski definition) is 1. The molecule has 3 unspecified atom stereocenters. The third-order valence-electron chi connectivity index (χ3n) is 4.10. The normalized spacial score (nSPS) is 25.3. The lowest BCUT2D eigenvalue weighted by Gasteiger charge is -2.26. The zero-order valence-corrected chi connectivity index (χ0v) is 11.8. The smallest absolute Gasteiger partial charge is 0.0757 e. The van der Waals surface area contributed by atoms with Crippen LogP contribution in [0.2, 0.25) is 0 Å². The minimum absolute atomic E-state index is 0.362. The largest absolute Gasteiger partial charge is 0.376 e. The van der Waals surface area contributed by atoms with Gasteiger partial charge in [0.2, 0.25) is 0 Å². The number of nitrogens with one attached hydrogen (secondary N) is 1. The minimum atomic E-state index is 0.362. The van der Waals surface area contributed by atoms with E-state index in [0.29, 0.717) is 18.1 Å². The van der Waals surface area contributed by atoms with Gasteiger partial charge in [0.25, 0.3) is 0 Å². The molecule has 0 amide bonds. The van der Waals surface area contributed by atoms with Crippen molar-refractivity contribution in [2.24, 2.45) is 5.92 Å². The summed E-state index contributed by atoms with van der Waals surface area (Å²) in [6, 6.07) is 9.41. The minimum Gasteiger partial charge on any atom is -0.376 e. The molecule has 1 saturated heterocycles. The van der Waals surface area contributed by atoms with Gasteiger partial charge in [-0.15, -0.1) is 0 Å². The van der Waals surface area contributed by atoms with Crippen LogP contribution in [0.15, 0.2) is 24.3 Å². The first-order valence-corrected chi connectivity index (χ1v) is 7.11. The van der Waals surface area contributed by atoms with Crippen molar-refractivity contribution >= 4 is 0 Å². The lowest BCUT2D eigenvalue weighted by Crippen LogP contribution is -2.41. The van der Waals surface area contributed by atoms with Crippen LogP contribution in [-0.4, -0.2) is 25.8 Å². The molecule has 1 N–H and O–H groups in total. The summed E-state index contributed by atoms with van der Waals surface area (Å²) in [5.41, 5.74) is 2.81. The highest BCUT2D eigenvalue weighted by Crippen LogP contribution is 2.24. The predicted molar refractivity (Wildman–Crippen MR) is 75.9 cm³/mol. The van der Waals surface area contributed by atoms with Crippen LogP contribution in [0, 0.1) is 5.92 Å². The monoisotopic (exact) mass is 247 g/mol. The predicted octanol–water partition coefficient (Wildman–Crippen LogP) is 2.80. The van der Waals surface area contributed by atoms with Gasteiger partial charge in [0.1, 0.15) is 0 Å². The van der Waals surface area contributed by atoms with Gasteiger partial charge in [-0.25, -0.2) is 0 Å². The SMILES string of the molecule is CCc1ccc(CC(NC)C2OCCC2C)cc1. The number of likely N-dealkylation sites (N-methyl/N-ethyl adjacent to an activating group) is 1. The summed E-state index contributed by atoms with van der Waals surface area (Å²) >= 11 is 0. The van der Waals surface area contributed by atoms with Crippen molar-refractivity contribution in [2.45, 2.75) is 45.3 Å². The Bertz CT molecular complexity index is 360. The van der Waals surface area contributed by atoms with Gasteiger partial charge in [0.15, 0.2) is 0 Å². The second-order valence-electron chi connectivity index (χ2n) is 5.37. The summed E-state index contributed by atoms with van der Waals surface area (Å²) in [7, 11) is 2.04. The van der Waals surface area contributed by atoms with Crippen molar-refractivity contribution in [3.05, 3.63) is 35.4 Å². The molecule has 0 aliphatic carbocycles. The van der Waals surface area contributed by atoms with Crippen LogP contribution in [0.25, 0.3) is 0 Å². The van der Waals surface area contributed by atoms with Crippen molar-refractivity contribution in [3.63, 3.8) is 0 Å². The van der Waals surface area contributed by atoms with Crippen molar-refractivity contribution in [1.82, 2.24) is 5.32 Å². The van der Waals surface area contributed by atoms with Crippen LogP contribution in [0.4, 0.5) is 0 Å². The summed E-state index contributed by atoms with van der Waals surface area (Å²) < 4.78 is 5.87. The Morgan fingerprint density at radius 1 is 1.28 bits per heavy atom. The van der Waals surface area contributed by atoms with E-state index in [-0.39, 0.29) is 0 Å². The average Bonchev–Trinajstić information content (AvgIpc) is 2.83. The van der Waals surface area contributed by atoms with E-state index in [1.54, 1.807) is 0 Å². The van der Waals surface area contributed by atoms with Crippen LogP contribution in [0.3, 0.4) is 0 Å². The zero-order valence-electron chi connectivity index (χ0n) is 11.8. The molecular formula is C16H25NO. The van der Waals surface area contributed by atoms with Crippen LogP contribution in [0.1, 0.15) is 31.4 Å². The molecule has 0 saturated carbocycles. The van der Waals surface area contributed by atoms with E-state index in [1.165, 1.54) is 17.5 Å². The fourth-order valence-electron chi connectivity index (χ4n) is 2.78. The Balaban J connectivity index is 2.00. The molecule has 0 bridgehead atoms. The fraction of sp³-hybridized carbons (Fsp3) is 0.625. The van der Waals surface area contributed by atoms with E-state index < -0.39 is 0 Å². The maximum Gasteiger partial charge on any atom is 0.0757 e. The molecule has 0 spiro atoms. The quantitative estimate of drug-likeness (QED) is 0.864. The summed E-state index contributed by atoms with van der Waals surface area (Å²) in [6.45, 7) is 5.40. The average molecular weight is 247 g/mol. The Morgan fingerprint density at radius 2 is 1.94 bits per heavy atom. The molecule has 2 heteroatoms. The van der Waals surface area contributed by atoms with E-state index in [4.69, 9.17) is 4.74 Å². The standard InChI is InChI=1S/C16H25NO/c1-4-13-5-7-14(8-6-13)11-15(17-3)16-12(2)9-10-18-16/h5-8,12,15-17H,4,9-11H2,1-3H3. The molecule has 2 nitrogen and oxygen atoms in total. The first-order valence-electron chi connectivity index (χ1n) is 7.11. The molecule has 1 aliphatic rings. The molecule has 0 radical (unpaired) electrons. The Hall–Kier alpha value is -0.860. The molecule has 1 aliphatic heterocycles. The van der Waals surface area contributed by atoms with Crippen molar-refractivity contribution in [3.8, 4) is 0 Å². The number of benzene rings is 1. The van der Waals surface area contributed by atoms with E-state index >= 15 is 0 Å². The van der Waals surface area contributed by atoms with E-state index in [0.717, 1.165) is 19.4 Å². The second-order valence-corrected chi connectivity index (χ2v) is 5.37. The van der Waals surface area contributed by atoms with Crippen molar-refractivity contribution < 1.29 is 4.74 Å². The molecule has 1 heterocycles. The van der Waals surface area contributed by atoms with Crippen molar-refractivity contribution in [2.75, 3.05) is 13.7 Å². The number of rotatable bonds is 5. The first-order chi connectivity index (χ1) is 8.74. The second kappa shape index (κ2) is 6.35. The summed E-state index contributed by atoms with van der Waals surface area (Å²) in [5.74, 6) is 0.664. The third kappa shape index (κ3) is 3.12. The number of hydrogen-bond acceptors (Lipinski definition) is 2. The fourth-order valence-corrected chi connectivity index (χ4v) is 2.78. The van der Waals surface area contributed by atoms with E-state index in [2.05, 4.69) is 43.4 Å². The Morgan fingerprint density at radius 3 is 2.44 bits per heavy atom. The highest BCUT2D eigenvalue weighted by molar-refractivity contribution is 5.23. The summed E-state index contributed by atoms with van der Waals surface area (Å²) in [4.78, 5) is 0. The summed E-state index contributed by atoms with van der Waals surface area (Å²) in [6.07, 6.45) is 3.71. The van der Waals surface area contributed by atoms with Gasteiger partial charge < -0.3 is 10.1 Å². The highest BCUT2D eigenvalue weighted by atomic mass is 16.5. The van der Waals surface area contributed by atoms with Crippen LogP contribution in [0.5, 0.6) is 0 Å². The van der Waals surface area contributed by atoms with Gasteiger partial charge in [0, 0.05) is 12.6 Å². The molecule has 100 valence electrons. The zero-order chi connectivity index (χ0) is 13.0. The Labute approximate surface area is 111 Å².